The number of hydrogen-bond donors (Lipinski definition) is 0. The first kappa shape index (κ1) is 15.0. The molecule has 0 aromatic carbocycles. The molecule has 0 saturated heterocycles. The smallest absolute Gasteiger partial charge is 0.348 e. The molecule has 1 aromatic rings. The van der Waals surface area contributed by atoms with E-state index in [1.165, 1.54) is 23.7 Å². The van der Waals surface area contributed by atoms with E-state index in [0.717, 1.165) is 10.7 Å². The fourth-order valence-corrected chi connectivity index (χ4v) is 3.14. The summed E-state index contributed by atoms with van der Waals surface area (Å²) in [5, 5.41) is 3.60. The summed E-state index contributed by atoms with van der Waals surface area (Å²) in [6, 6.07) is 1.02. The van der Waals surface area contributed by atoms with Crippen molar-refractivity contribution in [2.45, 2.75) is 17.8 Å². The van der Waals surface area contributed by atoms with E-state index in [0.29, 0.717) is 11.3 Å². The molecule has 1 aliphatic heterocycles. The van der Waals surface area contributed by atoms with Crippen molar-refractivity contribution in [1.29, 1.82) is 0 Å². The lowest BCUT2D eigenvalue weighted by atomic mass is 10.2. The van der Waals surface area contributed by atoms with Crippen LogP contribution in [0.25, 0.3) is 4.91 Å². The van der Waals surface area contributed by atoms with Crippen LogP contribution in [0.1, 0.15) is 17.8 Å². The fraction of sp³-hybridized carbons (Fsp3) is 0.500. The predicted molar refractivity (Wildman–Crippen MR) is 70.9 cm³/mol. The van der Waals surface area contributed by atoms with Crippen LogP contribution in [0.15, 0.2) is 12.1 Å². The summed E-state index contributed by atoms with van der Waals surface area (Å²) in [7, 11) is 4.57. The summed E-state index contributed by atoms with van der Waals surface area (Å²) in [5.74, 6) is -0.0479. The van der Waals surface area contributed by atoms with Crippen molar-refractivity contribution in [2.75, 3.05) is 14.1 Å². The van der Waals surface area contributed by atoms with Gasteiger partial charge in [0.2, 0.25) is 5.91 Å². The van der Waals surface area contributed by atoms with Gasteiger partial charge < -0.3 is 4.90 Å². The number of rotatable bonds is 2. The number of carbonyl (C=O) groups is 1. The SMILES string of the molecule is CN(C)C(=O)C1CC=C(c2cc(C(F)(F)F)n(C)n2)S1. The standard InChI is InChI=1S/C12H14F3N3OS/c1-17(2)11(19)9-5-4-8(20-9)7-6-10(12(13,14)15)18(3)16-7/h4,6,9H,5H2,1-3H3. The van der Waals surface area contributed by atoms with E-state index in [1.807, 2.05) is 0 Å². The van der Waals surface area contributed by atoms with Crippen LogP contribution in [0.2, 0.25) is 0 Å². The highest BCUT2D eigenvalue weighted by molar-refractivity contribution is 8.09. The van der Waals surface area contributed by atoms with Crippen molar-refractivity contribution in [1.82, 2.24) is 14.7 Å². The maximum Gasteiger partial charge on any atom is 0.433 e. The van der Waals surface area contributed by atoms with Crippen LogP contribution in [0, 0.1) is 0 Å². The Balaban J connectivity index is 2.17. The Hall–Kier alpha value is -1.44. The number of aryl methyl sites for hydroxylation is 1. The van der Waals surface area contributed by atoms with Gasteiger partial charge in [0.1, 0.15) is 5.69 Å². The van der Waals surface area contributed by atoms with Crippen molar-refractivity contribution in [3.05, 3.63) is 23.5 Å². The normalized spacial score (nSPS) is 19.1. The molecule has 4 nitrogen and oxygen atoms in total. The van der Waals surface area contributed by atoms with Gasteiger partial charge in [-0.15, -0.1) is 11.8 Å². The zero-order chi connectivity index (χ0) is 15.1. The van der Waals surface area contributed by atoms with Crippen LogP contribution in [-0.2, 0) is 18.0 Å². The highest BCUT2D eigenvalue weighted by Gasteiger charge is 2.36. The van der Waals surface area contributed by atoms with Crippen LogP contribution < -0.4 is 0 Å². The van der Waals surface area contributed by atoms with Gasteiger partial charge in [-0.05, 0) is 12.5 Å². The van der Waals surface area contributed by atoms with Crippen molar-refractivity contribution >= 4 is 22.6 Å². The number of thioether (sulfide) groups is 1. The number of halogens is 3. The first-order chi connectivity index (χ1) is 9.20. The van der Waals surface area contributed by atoms with Gasteiger partial charge in [-0.1, -0.05) is 6.08 Å². The van der Waals surface area contributed by atoms with Gasteiger partial charge in [0, 0.05) is 26.0 Å². The molecule has 0 fully saturated rings. The van der Waals surface area contributed by atoms with Crippen LogP contribution in [0.4, 0.5) is 13.2 Å². The quantitative estimate of drug-likeness (QED) is 0.842. The molecule has 1 aromatic heterocycles. The number of aromatic nitrogens is 2. The predicted octanol–water partition coefficient (Wildman–Crippen LogP) is 2.37. The monoisotopic (exact) mass is 305 g/mol. The molecule has 20 heavy (non-hydrogen) atoms. The van der Waals surface area contributed by atoms with Crippen molar-refractivity contribution < 1.29 is 18.0 Å². The molecule has 0 radical (unpaired) electrons. The molecule has 2 heterocycles. The molecule has 110 valence electrons. The summed E-state index contributed by atoms with van der Waals surface area (Å²) in [6.45, 7) is 0. The van der Waals surface area contributed by atoms with Gasteiger partial charge in [0.05, 0.1) is 10.9 Å². The summed E-state index contributed by atoms with van der Waals surface area (Å²) < 4.78 is 39.0. The second-order valence-electron chi connectivity index (χ2n) is 4.68. The zero-order valence-corrected chi connectivity index (χ0v) is 12.0. The molecule has 0 saturated carbocycles. The third-order valence-corrected chi connectivity index (χ3v) is 4.23. The average Bonchev–Trinajstić information content (AvgIpc) is 2.92. The molecule has 0 N–H and O–H groups in total. The summed E-state index contributed by atoms with van der Waals surface area (Å²) in [6.07, 6.45) is -2.16. The minimum atomic E-state index is -4.43. The average molecular weight is 305 g/mol. The minimum absolute atomic E-state index is 0.0479. The lowest BCUT2D eigenvalue weighted by molar-refractivity contribution is -0.143. The molecule has 0 bridgehead atoms. The molecular formula is C12H14F3N3OS. The van der Waals surface area contributed by atoms with Crippen molar-refractivity contribution in [2.24, 2.45) is 7.05 Å². The molecule has 1 atom stereocenters. The van der Waals surface area contributed by atoms with Crippen LogP contribution in [0.5, 0.6) is 0 Å². The minimum Gasteiger partial charge on any atom is -0.348 e. The van der Waals surface area contributed by atoms with Crippen LogP contribution in [-0.4, -0.2) is 39.9 Å². The molecule has 1 amide bonds. The fourth-order valence-electron chi connectivity index (χ4n) is 1.92. The van der Waals surface area contributed by atoms with Gasteiger partial charge in [0.25, 0.3) is 0 Å². The first-order valence-corrected chi connectivity index (χ1v) is 6.77. The summed E-state index contributed by atoms with van der Waals surface area (Å²) >= 11 is 1.26. The number of hydrogen-bond acceptors (Lipinski definition) is 3. The molecule has 2 rings (SSSR count). The Morgan fingerprint density at radius 1 is 1.50 bits per heavy atom. The number of carbonyl (C=O) groups excluding carboxylic acids is 1. The molecular weight excluding hydrogens is 291 g/mol. The van der Waals surface area contributed by atoms with E-state index in [9.17, 15) is 18.0 Å². The summed E-state index contributed by atoms with van der Waals surface area (Å²) in [4.78, 5) is 13.9. The third kappa shape index (κ3) is 2.84. The number of nitrogens with zero attached hydrogens (tertiary/aromatic N) is 3. The van der Waals surface area contributed by atoms with E-state index in [4.69, 9.17) is 0 Å². The topological polar surface area (TPSA) is 38.1 Å². The molecule has 0 aliphatic carbocycles. The Bertz CT molecular complexity index is 563. The largest absolute Gasteiger partial charge is 0.433 e. The van der Waals surface area contributed by atoms with E-state index in [2.05, 4.69) is 5.10 Å². The molecule has 1 unspecified atom stereocenters. The van der Waals surface area contributed by atoms with E-state index in [-0.39, 0.29) is 16.9 Å². The van der Waals surface area contributed by atoms with Gasteiger partial charge >= 0.3 is 6.18 Å². The highest BCUT2D eigenvalue weighted by atomic mass is 32.2. The Morgan fingerprint density at radius 3 is 2.65 bits per heavy atom. The number of allylic oxidation sites excluding steroid dienone is 1. The second-order valence-corrected chi connectivity index (χ2v) is 5.92. The lowest BCUT2D eigenvalue weighted by Gasteiger charge is -2.15. The van der Waals surface area contributed by atoms with E-state index >= 15 is 0 Å². The van der Waals surface area contributed by atoms with Crippen LogP contribution >= 0.6 is 11.8 Å². The second kappa shape index (κ2) is 5.16. The van der Waals surface area contributed by atoms with Gasteiger partial charge in [-0.3, -0.25) is 9.48 Å². The molecule has 1 aliphatic rings. The number of alkyl halides is 3. The number of amides is 1. The van der Waals surface area contributed by atoms with Gasteiger partial charge in [-0.25, -0.2) is 0 Å². The Labute approximate surface area is 118 Å². The van der Waals surface area contributed by atoms with E-state index < -0.39 is 11.9 Å². The molecule has 8 heteroatoms. The maximum absolute atomic E-state index is 12.7. The highest BCUT2D eigenvalue weighted by Crippen LogP contribution is 2.40. The van der Waals surface area contributed by atoms with E-state index in [1.54, 1.807) is 20.2 Å². The van der Waals surface area contributed by atoms with Gasteiger partial charge in [-0.2, -0.15) is 18.3 Å². The Morgan fingerprint density at radius 2 is 2.15 bits per heavy atom. The summed E-state index contributed by atoms with van der Waals surface area (Å²) in [5.41, 5.74) is -0.532. The Kier molecular flexibility index (Phi) is 3.86. The van der Waals surface area contributed by atoms with Gasteiger partial charge in [0.15, 0.2) is 0 Å². The van der Waals surface area contributed by atoms with Crippen molar-refractivity contribution in [3.8, 4) is 0 Å². The van der Waals surface area contributed by atoms with Crippen LogP contribution in [0.3, 0.4) is 0 Å². The maximum atomic E-state index is 12.7. The lowest BCUT2D eigenvalue weighted by Crippen LogP contribution is -2.30. The zero-order valence-electron chi connectivity index (χ0n) is 11.2. The first-order valence-electron chi connectivity index (χ1n) is 5.89. The molecule has 0 spiro atoms. The van der Waals surface area contributed by atoms with Crippen molar-refractivity contribution in [3.63, 3.8) is 0 Å². The third-order valence-electron chi connectivity index (χ3n) is 2.93.